The lowest BCUT2D eigenvalue weighted by Gasteiger charge is -2.01. The van der Waals surface area contributed by atoms with E-state index < -0.39 is 0 Å². The molecule has 0 unspecified atom stereocenters. The molecule has 64 valence electrons. The third-order valence-corrected chi connectivity index (χ3v) is 2.16. The van der Waals surface area contributed by atoms with Crippen molar-refractivity contribution in [2.75, 3.05) is 5.33 Å². The van der Waals surface area contributed by atoms with E-state index in [1.54, 1.807) is 0 Å². The van der Waals surface area contributed by atoms with E-state index in [-0.39, 0.29) is 5.78 Å². The summed E-state index contributed by atoms with van der Waals surface area (Å²) in [6.07, 6.45) is 0. The summed E-state index contributed by atoms with van der Waals surface area (Å²) in [6, 6.07) is 3.67. The Kier molecular flexibility index (Phi) is 2.98. The Hall–Kier alpha value is -0.700. The number of nitrogens with zero attached hydrogens (tertiary/aromatic N) is 1. The van der Waals surface area contributed by atoms with Crippen LogP contribution in [-0.2, 0) is 0 Å². The lowest BCUT2D eigenvalue weighted by Crippen LogP contribution is -2.04. The van der Waals surface area contributed by atoms with Crippen molar-refractivity contribution in [2.45, 2.75) is 13.8 Å². The van der Waals surface area contributed by atoms with Gasteiger partial charge < -0.3 is 0 Å². The quantitative estimate of drug-likeness (QED) is 0.574. The number of halogens is 1. The van der Waals surface area contributed by atoms with Gasteiger partial charge in [0.05, 0.1) is 5.33 Å². The number of hydrogen-bond acceptors (Lipinski definition) is 2. The Balaban J connectivity index is 3.09. The van der Waals surface area contributed by atoms with Crippen LogP contribution in [0.1, 0.15) is 21.7 Å². The Morgan fingerprint density at radius 1 is 1.50 bits per heavy atom. The van der Waals surface area contributed by atoms with Crippen LogP contribution in [0.3, 0.4) is 0 Å². The first-order valence-electron chi connectivity index (χ1n) is 3.68. The zero-order valence-corrected chi connectivity index (χ0v) is 8.68. The topological polar surface area (TPSA) is 30.0 Å². The van der Waals surface area contributed by atoms with Gasteiger partial charge in [0.25, 0.3) is 0 Å². The van der Waals surface area contributed by atoms with Crippen LogP contribution in [0.15, 0.2) is 12.1 Å². The van der Waals surface area contributed by atoms with E-state index in [2.05, 4.69) is 20.9 Å². The Morgan fingerprint density at radius 2 is 2.17 bits per heavy atom. The van der Waals surface area contributed by atoms with Gasteiger partial charge in [-0.05, 0) is 26.0 Å². The van der Waals surface area contributed by atoms with E-state index in [0.717, 1.165) is 11.4 Å². The van der Waals surface area contributed by atoms with Crippen molar-refractivity contribution in [3.05, 3.63) is 29.1 Å². The van der Waals surface area contributed by atoms with Gasteiger partial charge in [-0.1, -0.05) is 15.9 Å². The smallest absolute Gasteiger partial charge is 0.175 e. The first-order valence-corrected chi connectivity index (χ1v) is 4.80. The molecule has 0 amide bonds. The van der Waals surface area contributed by atoms with Crippen molar-refractivity contribution >= 4 is 21.7 Å². The minimum Gasteiger partial charge on any atom is -0.293 e. The zero-order valence-electron chi connectivity index (χ0n) is 7.10. The fourth-order valence-corrected chi connectivity index (χ4v) is 1.36. The predicted molar refractivity (Wildman–Crippen MR) is 51.8 cm³/mol. The molecule has 0 radical (unpaired) electrons. The first kappa shape index (κ1) is 9.39. The highest BCUT2D eigenvalue weighted by Crippen LogP contribution is 2.08. The standard InChI is InChI=1S/C9H10BrNO/c1-6-3-4-8(7(2)11-6)9(12)5-10/h3-4H,5H2,1-2H3. The maximum Gasteiger partial charge on any atom is 0.175 e. The molecule has 2 nitrogen and oxygen atoms in total. The van der Waals surface area contributed by atoms with Gasteiger partial charge in [-0.3, -0.25) is 9.78 Å². The highest BCUT2D eigenvalue weighted by atomic mass is 79.9. The summed E-state index contributed by atoms with van der Waals surface area (Å²) in [6.45, 7) is 3.76. The average molecular weight is 228 g/mol. The van der Waals surface area contributed by atoms with Crippen LogP contribution in [0.5, 0.6) is 0 Å². The molecule has 0 aliphatic heterocycles. The van der Waals surface area contributed by atoms with Crippen LogP contribution in [0, 0.1) is 13.8 Å². The average Bonchev–Trinajstić information content (AvgIpc) is 2.03. The van der Waals surface area contributed by atoms with Crippen LogP contribution >= 0.6 is 15.9 Å². The lowest BCUT2D eigenvalue weighted by atomic mass is 10.1. The number of ketones is 1. The lowest BCUT2D eigenvalue weighted by molar-refractivity contribution is 0.102. The normalized spacial score (nSPS) is 9.92. The predicted octanol–water partition coefficient (Wildman–Crippen LogP) is 2.28. The van der Waals surface area contributed by atoms with Crippen molar-refractivity contribution in [1.29, 1.82) is 0 Å². The van der Waals surface area contributed by atoms with Crippen molar-refractivity contribution in [3.8, 4) is 0 Å². The molecule has 0 atom stereocenters. The second-order valence-corrected chi connectivity index (χ2v) is 3.20. The molecule has 3 heteroatoms. The molecule has 0 N–H and O–H groups in total. The molecule has 1 heterocycles. The molecule has 0 bridgehead atoms. The van der Waals surface area contributed by atoms with E-state index in [0.29, 0.717) is 10.9 Å². The third-order valence-electron chi connectivity index (χ3n) is 1.65. The number of pyridine rings is 1. The maximum absolute atomic E-state index is 11.3. The monoisotopic (exact) mass is 227 g/mol. The van der Waals surface area contributed by atoms with Gasteiger partial charge in [0.2, 0.25) is 0 Å². The van der Waals surface area contributed by atoms with Crippen LogP contribution in [-0.4, -0.2) is 16.1 Å². The van der Waals surface area contributed by atoms with Gasteiger partial charge >= 0.3 is 0 Å². The fourth-order valence-electron chi connectivity index (χ4n) is 1.05. The van der Waals surface area contributed by atoms with Crippen LogP contribution in [0.4, 0.5) is 0 Å². The Labute approximate surface area is 80.1 Å². The number of hydrogen-bond donors (Lipinski definition) is 0. The number of carbonyl (C=O) groups excluding carboxylic acids is 1. The highest BCUT2D eigenvalue weighted by Gasteiger charge is 2.07. The Bertz CT molecular complexity index is 309. The van der Waals surface area contributed by atoms with E-state index in [4.69, 9.17) is 0 Å². The van der Waals surface area contributed by atoms with Gasteiger partial charge in [-0.15, -0.1) is 0 Å². The molecule has 0 spiro atoms. The summed E-state index contributed by atoms with van der Waals surface area (Å²) in [7, 11) is 0. The third kappa shape index (κ3) is 1.91. The van der Waals surface area contributed by atoms with E-state index in [9.17, 15) is 4.79 Å². The summed E-state index contributed by atoms with van der Waals surface area (Å²) in [4.78, 5) is 15.5. The number of alkyl halides is 1. The number of carbonyl (C=O) groups is 1. The van der Waals surface area contributed by atoms with E-state index >= 15 is 0 Å². The first-order chi connectivity index (χ1) is 5.65. The van der Waals surface area contributed by atoms with Gasteiger partial charge in [-0.25, -0.2) is 0 Å². The molecule has 12 heavy (non-hydrogen) atoms. The summed E-state index contributed by atoms with van der Waals surface area (Å²) < 4.78 is 0. The van der Waals surface area contributed by atoms with Gasteiger partial charge in [0.15, 0.2) is 5.78 Å². The molecule has 1 aromatic rings. The molecule has 1 rings (SSSR count). The van der Waals surface area contributed by atoms with Crippen molar-refractivity contribution in [2.24, 2.45) is 0 Å². The largest absolute Gasteiger partial charge is 0.293 e. The van der Waals surface area contributed by atoms with Crippen molar-refractivity contribution in [3.63, 3.8) is 0 Å². The molecule has 0 aromatic carbocycles. The summed E-state index contributed by atoms with van der Waals surface area (Å²) in [5.74, 6) is 0.0833. The minimum absolute atomic E-state index is 0.0833. The fraction of sp³-hybridized carbons (Fsp3) is 0.333. The summed E-state index contributed by atoms with van der Waals surface area (Å²) in [5, 5.41) is 0.360. The highest BCUT2D eigenvalue weighted by molar-refractivity contribution is 9.09. The molecule has 0 fully saturated rings. The molecule has 0 aliphatic carbocycles. The van der Waals surface area contributed by atoms with Crippen molar-refractivity contribution in [1.82, 2.24) is 4.98 Å². The van der Waals surface area contributed by atoms with Crippen LogP contribution in [0.25, 0.3) is 0 Å². The zero-order chi connectivity index (χ0) is 9.14. The number of Topliss-reactive ketones (excluding diaryl/α,β-unsaturated/α-hetero) is 1. The molecular formula is C9H10BrNO. The Morgan fingerprint density at radius 3 is 2.67 bits per heavy atom. The minimum atomic E-state index is 0.0833. The van der Waals surface area contributed by atoms with Gasteiger partial charge in [0.1, 0.15) is 0 Å². The number of aryl methyl sites for hydroxylation is 2. The second kappa shape index (κ2) is 3.81. The van der Waals surface area contributed by atoms with Crippen molar-refractivity contribution < 1.29 is 4.79 Å². The van der Waals surface area contributed by atoms with Gasteiger partial charge in [-0.2, -0.15) is 0 Å². The molecule has 0 aliphatic rings. The number of rotatable bonds is 2. The van der Waals surface area contributed by atoms with E-state index in [1.165, 1.54) is 0 Å². The summed E-state index contributed by atoms with van der Waals surface area (Å²) >= 11 is 3.13. The molecule has 1 aromatic heterocycles. The van der Waals surface area contributed by atoms with E-state index in [1.807, 2.05) is 26.0 Å². The van der Waals surface area contributed by atoms with Crippen LogP contribution < -0.4 is 0 Å². The molecule has 0 saturated heterocycles. The van der Waals surface area contributed by atoms with Gasteiger partial charge in [0, 0.05) is 17.0 Å². The van der Waals surface area contributed by atoms with Crippen LogP contribution in [0.2, 0.25) is 0 Å². The molecule has 0 saturated carbocycles. The SMILES string of the molecule is Cc1ccc(C(=O)CBr)c(C)n1. The number of aromatic nitrogens is 1. The maximum atomic E-state index is 11.3. The second-order valence-electron chi connectivity index (χ2n) is 2.64. The molecular weight excluding hydrogens is 218 g/mol. The summed E-state index contributed by atoms with van der Waals surface area (Å²) in [5.41, 5.74) is 2.45.